The molecule has 0 bridgehead atoms. The summed E-state index contributed by atoms with van der Waals surface area (Å²) in [6.07, 6.45) is 2.49. The zero-order valence-electron chi connectivity index (χ0n) is 16.7. The Morgan fingerprint density at radius 3 is 2.17 bits per heavy atom. The lowest BCUT2D eigenvalue weighted by Gasteiger charge is -2.39. The van der Waals surface area contributed by atoms with Gasteiger partial charge >= 0.3 is 17.9 Å². The van der Waals surface area contributed by atoms with Crippen molar-refractivity contribution in [2.75, 3.05) is 5.75 Å². The van der Waals surface area contributed by atoms with Crippen LogP contribution in [0.2, 0.25) is 0 Å². The van der Waals surface area contributed by atoms with Gasteiger partial charge in [-0.05, 0) is 24.3 Å². The number of imidazole rings is 1. The van der Waals surface area contributed by atoms with Gasteiger partial charge in [0.05, 0.1) is 6.33 Å². The van der Waals surface area contributed by atoms with Crippen LogP contribution in [0.5, 0.6) is 5.75 Å². The Balaban J connectivity index is 1.80. The molecule has 1 saturated heterocycles. The Bertz CT molecular complexity index is 885. The monoisotopic (exact) mass is 434 g/mol. The average Bonchev–Trinajstić information content (AvgIpc) is 3.20. The zero-order valence-corrected chi connectivity index (χ0v) is 17.5. The summed E-state index contributed by atoms with van der Waals surface area (Å²) in [5.41, 5.74) is 0.240. The molecule has 0 aliphatic carbocycles. The third kappa shape index (κ3) is 5.53. The van der Waals surface area contributed by atoms with E-state index >= 15 is 0 Å². The summed E-state index contributed by atoms with van der Waals surface area (Å²) in [7, 11) is 0. The third-order valence-electron chi connectivity index (χ3n) is 4.20. The topological polar surface area (TPSA) is 106 Å². The van der Waals surface area contributed by atoms with Gasteiger partial charge < -0.3 is 23.5 Å². The molecule has 2 aromatic rings. The first-order valence-corrected chi connectivity index (χ1v) is 10.3. The fourth-order valence-electron chi connectivity index (χ4n) is 3.05. The smallest absolute Gasteiger partial charge is 0.303 e. The summed E-state index contributed by atoms with van der Waals surface area (Å²) >= 11 is 1.31. The summed E-state index contributed by atoms with van der Waals surface area (Å²) in [5, 5.41) is 0. The Kier molecular flexibility index (Phi) is 6.99. The van der Waals surface area contributed by atoms with E-state index in [0.29, 0.717) is 11.5 Å². The van der Waals surface area contributed by atoms with Crippen LogP contribution in [0.1, 0.15) is 20.8 Å². The van der Waals surface area contributed by atoms with Crippen molar-refractivity contribution in [1.29, 1.82) is 0 Å². The maximum Gasteiger partial charge on any atom is 0.303 e. The predicted octanol–water partition coefficient (Wildman–Crippen LogP) is 2.12. The molecule has 9 nitrogen and oxygen atoms in total. The second-order valence-electron chi connectivity index (χ2n) is 6.58. The molecule has 0 N–H and O–H groups in total. The number of rotatable bonds is 6. The van der Waals surface area contributed by atoms with E-state index in [4.69, 9.17) is 18.9 Å². The number of aromatic nitrogens is 2. The first-order chi connectivity index (χ1) is 14.3. The van der Waals surface area contributed by atoms with Crippen LogP contribution in [0.3, 0.4) is 0 Å². The van der Waals surface area contributed by atoms with Crippen LogP contribution in [0.15, 0.2) is 43.0 Å². The standard InChI is InChI=1S/C20H22N2O7S/c1-12(23)26-17-10-30-20(19(28-14(3)25)18(17)27-13(2)24)29-16-6-4-15(5-7-16)22-9-8-21-11-22/h4-9,11,17-20H,10H2,1-3H3/t17-,18+,19-,20-/m1/s1. The number of thioether (sulfide) groups is 1. The van der Waals surface area contributed by atoms with E-state index in [-0.39, 0.29) is 0 Å². The van der Waals surface area contributed by atoms with Crippen molar-refractivity contribution < 1.29 is 33.3 Å². The Labute approximate surface area is 177 Å². The molecular weight excluding hydrogens is 412 g/mol. The van der Waals surface area contributed by atoms with Crippen molar-refractivity contribution in [3.8, 4) is 11.4 Å². The second kappa shape index (κ2) is 9.66. The highest BCUT2D eigenvalue weighted by molar-refractivity contribution is 7.99. The summed E-state index contributed by atoms with van der Waals surface area (Å²) in [4.78, 5) is 38.8. The van der Waals surface area contributed by atoms with Crippen molar-refractivity contribution in [2.45, 2.75) is 44.5 Å². The normalized spacial score (nSPS) is 23.3. The van der Waals surface area contributed by atoms with Crippen molar-refractivity contribution in [3.05, 3.63) is 43.0 Å². The molecule has 160 valence electrons. The highest BCUT2D eigenvalue weighted by Crippen LogP contribution is 2.34. The van der Waals surface area contributed by atoms with Crippen molar-refractivity contribution >= 4 is 29.7 Å². The molecule has 0 radical (unpaired) electrons. The number of carbonyl (C=O) groups is 3. The number of hydrogen-bond acceptors (Lipinski definition) is 9. The summed E-state index contributed by atoms with van der Waals surface area (Å²) in [6.45, 7) is 3.75. The summed E-state index contributed by atoms with van der Waals surface area (Å²) in [5.74, 6) is -0.808. The van der Waals surface area contributed by atoms with Crippen LogP contribution in [0.25, 0.3) is 5.69 Å². The lowest BCUT2D eigenvalue weighted by Crippen LogP contribution is -2.55. The lowest BCUT2D eigenvalue weighted by atomic mass is 10.1. The van der Waals surface area contributed by atoms with Crippen LogP contribution >= 0.6 is 11.8 Å². The van der Waals surface area contributed by atoms with E-state index in [1.807, 2.05) is 22.9 Å². The molecule has 0 saturated carbocycles. The molecule has 0 amide bonds. The van der Waals surface area contributed by atoms with Crippen LogP contribution < -0.4 is 4.74 Å². The molecule has 0 unspecified atom stereocenters. The number of benzene rings is 1. The molecular formula is C20H22N2O7S. The van der Waals surface area contributed by atoms with Gasteiger partial charge in [0.15, 0.2) is 23.7 Å². The minimum atomic E-state index is -0.980. The Hall–Kier alpha value is -3.01. The fraction of sp³-hybridized carbons (Fsp3) is 0.400. The molecule has 1 fully saturated rings. The lowest BCUT2D eigenvalue weighted by molar-refractivity contribution is -0.186. The number of ether oxygens (including phenoxy) is 4. The van der Waals surface area contributed by atoms with Gasteiger partial charge in [0.25, 0.3) is 0 Å². The van der Waals surface area contributed by atoms with Crippen molar-refractivity contribution in [3.63, 3.8) is 0 Å². The van der Waals surface area contributed by atoms with Gasteiger partial charge in [-0.3, -0.25) is 14.4 Å². The highest BCUT2D eigenvalue weighted by atomic mass is 32.2. The first-order valence-electron chi connectivity index (χ1n) is 9.22. The second-order valence-corrected chi connectivity index (χ2v) is 7.71. The maximum absolute atomic E-state index is 11.7. The first kappa shape index (κ1) is 21.7. The largest absolute Gasteiger partial charge is 0.476 e. The van der Waals surface area contributed by atoms with Gasteiger partial charge in [-0.15, -0.1) is 11.8 Å². The van der Waals surface area contributed by atoms with Gasteiger partial charge in [-0.25, -0.2) is 4.98 Å². The van der Waals surface area contributed by atoms with Crippen LogP contribution in [-0.2, 0) is 28.6 Å². The van der Waals surface area contributed by atoms with E-state index in [0.717, 1.165) is 5.69 Å². The van der Waals surface area contributed by atoms with Gasteiger partial charge in [0.1, 0.15) is 5.75 Å². The summed E-state index contributed by atoms with van der Waals surface area (Å²) in [6, 6.07) is 7.27. The number of esters is 3. The van der Waals surface area contributed by atoms with E-state index in [1.54, 1.807) is 24.7 Å². The van der Waals surface area contributed by atoms with E-state index in [2.05, 4.69) is 4.98 Å². The highest BCUT2D eigenvalue weighted by Gasteiger charge is 2.47. The van der Waals surface area contributed by atoms with Gasteiger partial charge in [0, 0.05) is 44.6 Å². The molecule has 1 aromatic heterocycles. The van der Waals surface area contributed by atoms with Gasteiger partial charge in [-0.2, -0.15) is 0 Å². The minimum absolute atomic E-state index is 0.313. The van der Waals surface area contributed by atoms with Gasteiger partial charge in [-0.1, -0.05) is 0 Å². The van der Waals surface area contributed by atoms with Gasteiger partial charge in [0.2, 0.25) is 0 Å². The molecule has 2 heterocycles. The van der Waals surface area contributed by atoms with Crippen LogP contribution in [-0.4, -0.2) is 57.0 Å². The van der Waals surface area contributed by atoms with E-state index in [9.17, 15) is 14.4 Å². The van der Waals surface area contributed by atoms with Crippen LogP contribution in [0, 0.1) is 0 Å². The molecule has 4 atom stereocenters. The number of hydrogen-bond donors (Lipinski definition) is 0. The Morgan fingerprint density at radius 1 is 0.967 bits per heavy atom. The third-order valence-corrected chi connectivity index (χ3v) is 5.41. The maximum atomic E-state index is 11.7. The molecule has 0 spiro atoms. The Morgan fingerprint density at radius 2 is 1.60 bits per heavy atom. The summed E-state index contributed by atoms with van der Waals surface area (Å²) < 4.78 is 23.9. The zero-order chi connectivity index (χ0) is 21.7. The SMILES string of the molecule is CC(=O)O[C@@H]1[C@@H](OC(C)=O)[C@H](OC(C)=O)CS[C@H]1Oc1ccc(-n2ccnc2)cc1. The molecule has 30 heavy (non-hydrogen) atoms. The minimum Gasteiger partial charge on any atom is -0.476 e. The molecule has 10 heteroatoms. The van der Waals surface area contributed by atoms with Crippen LogP contribution in [0.4, 0.5) is 0 Å². The quantitative estimate of drug-likeness (QED) is 0.499. The number of nitrogens with zero attached hydrogens (tertiary/aromatic N) is 2. The number of carbonyl (C=O) groups excluding carboxylic acids is 3. The predicted molar refractivity (Wildman–Crippen MR) is 107 cm³/mol. The molecule has 1 aromatic carbocycles. The average molecular weight is 434 g/mol. The molecule has 1 aliphatic heterocycles. The fourth-order valence-corrected chi connectivity index (χ4v) is 4.27. The van der Waals surface area contributed by atoms with E-state index in [1.165, 1.54) is 32.5 Å². The van der Waals surface area contributed by atoms with E-state index < -0.39 is 41.7 Å². The van der Waals surface area contributed by atoms with Crippen molar-refractivity contribution in [2.24, 2.45) is 0 Å². The molecule has 3 rings (SSSR count). The van der Waals surface area contributed by atoms with Crippen molar-refractivity contribution in [1.82, 2.24) is 9.55 Å². The molecule has 1 aliphatic rings.